The van der Waals surface area contributed by atoms with Gasteiger partial charge in [0, 0.05) is 24.1 Å². The third-order valence-corrected chi connectivity index (χ3v) is 6.93. The van der Waals surface area contributed by atoms with Crippen LogP contribution in [0.4, 0.5) is 0 Å². The number of carbonyl (C=O) groups excluding carboxylic acids is 3. The van der Waals surface area contributed by atoms with E-state index in [4.69, 9.17) is 0 Å². The minimum absolute atomic E-state index is 0.175. The van der Waals surface area contributed by atoms with Crippen LogP contribution in [0.1, 0.15) is 52.7 Å². The monoisotopic (exact) mass is 441 g/mol. The number of rotatable bonds is 3. The van der Waals surface area contributed by atoms with Crippen LogP contribution in [-0.4, -0.2) is 43.7 Å². The van der Waals surface area contributed by atoms with Crippen molar-refractivity contribution in [2.24, 2.45) is 0 Å². The molecule has 1 saturated heterocycles. The number of carbonyl (C=O) groups is 3. The lowest BCUT2D eigenvalue weighted by atomic mass is 9.90. The van der Waals surface area contributed by atoms with E-state index in [1.807, 2.05) is 23.0 Å². The van der Waals surface area contributed by atoms with E-state index in [0.717, 1.165) is 35.3 Å². The third kappa shape index (κ3) is 3.33. The van der Waals surface area contributed by atoms with Crippen molar-refractivity contribution in [1.82, 2.24) is 25.2 Å². The molecule has 1 N–H and O–H groups in total. The van der Waals surface area contributed by atoms with Gasteiger partial charge in [-0.15, -0.1) is 5.10 Å². The Labute approximate surface area is 190 Å². The Morgan fingerprint density at radius 3 is 2.73 bits per heavy atom. The zero-order valence-corrected chi connectivity index (χ0v) is 18.1. The summed E-state index contributed by atoms with van der Waals surface area (Å²) in [6, 6.07) is 11.4. The highest BCUT2D eigenvalue weighted by molar-refractivity contribution is 6.05. The van der Waals surface area contributed by atoms with Crippen molar-refractivity contribution in [3.05, 3.63) is 64.8 Å². The normalized spacial score (nSPS) is 19.9. The largest absolute Gasteiger partial charge is 0.322 e. The van der Waals surface area contributed by atoms with Crippen molar-refractivity contribution >= 4 is 17.7 Å². The Bertz CT molecular complexity index is 1310. The number of aryl methyl sites for hydroxylation is 1. The number of piperidine rings is 1. The third-order valence-electron chi connectivity index (χ3n) is 6.93. The fourth-order valence-corrected chi connectivity index (χ4v) is 5.22. The number of aromatic nitrogens is 3. The number of benzene rings is 2. The summed E-state index contributed by atoms with van der Waals surface area (Å²) >= 11 is 0. The van der Waals surface area contributed by atoms with Crippen molar-refractivity contribution in [3.8, 4) is 16.9 Å². The van der Waals surface area contributed by atoms with E-state index in [1.165, 1.54) is 24.0 Å². The zero-order valence-electron chi connectivity index (χ0n) is 18.1. The number of hydrogen-bond acceptors (Lipinski definition) is 5. The standard InChI is InChI=1S/C25H23N5O3/c31-23-11-10-22(24(32)26-23)29-13-17-12-16(8-9-19(17)25(29)33)20-14-30(28-27-20)21-7-3-5-15-4-1-2-6-18(15)21/h3,5,7-9,12,14,22H,1-2,4,6,10-11,13H2,(H,26,31,32). The van der Waals surface area contributed by atoms with Gasteiger partial charge < -0.3 is 4.90 Å². The van der Waals surface area contributed by atoms with Gasteiger partial charge in [0.15, 0.2) is 0 Å². The van der Waals surface area contributed by atoms with Gasteiger partial charge in [-0.2, -0.15) is 0 Å². The second-order valence-corrected chi connectivity index (χ2v) is 8.94. The van der Waals surface area contributed by atoms with Gasteiger partial charge in [0.05, 0.1) is 11.9 Å². The molecule has 1 fully saturated rings. The lowest BCUT2D eigenvalue weighted by Crippen LogP contribution is -2.52. The molecule has 8 heteroatoms. The summed E-state index contributed by atoms with van der Waals surface area (Å²) < 4.78 is 1.84. The zero-order chi connectivity index (χ0) is 22.5. The van der Waals surface area contributed by atoms with E-state index in [0.29, 0.717) is 18.5 Å². The van der Waals surface area contributed by atoms with Crippen LogP contribution in [0.25, 0.3) is 16.9 Å². The molecule has 6 rings (SSSR count). The summed E-state index contributed by atoms with van der Waals surface area (Å²) in [6.45, 7) is 0.342. The average molecular weight is 441 g/mol. The Kier molecular flexibility index (Phi) is 4.60. The molecule has 3 aliphatic rings. The van der Waals surface area contributed by atoms with Gasteiger partial charge >= 0.3 is 0 Å². The average Bonchev–Trinajstić information content (AvgIpc) is 3.44. The SMILES string of the molecule is O=C1CCC(N2Cc3cc(-c4cn(-c5cccc6c5CCCC6)nn4)ccc3C2=O)C(=O)N1. The summed E-state index contributed by atoms with van der Waals surface area (Å²) in [5, 5.41) is 11.1. The highest BCUT2D eigenvalue weighted by Gasteiger charge is 2.39. The minimum atomic E-state index is -0.615. The van der Waals surface area contributed by atoms with Crippen LogP contribution >= 0.6 is 0 Å². The van der Waals surface area contributed by atoms with Crippen molar-refractivity contribution in [2.75, 3.05) is 0 Å². The fourth-order valence-electron chi connectivity index (χ4n) is 5.22. The van der Waals surface area contributed by atoms with Crippen LogP contribution in [0.5, 0.6) is 0 Å². The minimum Gasteiger partial charge on any atom is -0.322 e. The Hall–Kier alpha value is -3.81. The van der Waals surface area contributed by atoms with Gasteiger partial charge in [-0.3, -0.25) is 19.7 Å². The summed E-state index contributed by atoms with van der Waals surface area (Å²) in [7, 11) is 0. The number of nitrogens with zero attached hydrogens (tertiary/aromatic N) is 4. The maximum Gasteiger partial charge on any atom is 0.255 e. The predicted molar refractivity (Wildman–Crippen MR) is 119 cm³/mol. The molecule has 8 nitrogen and oxygen atoms in total. The first-order valence-electron chi connectivity index (χ1n) is 11.4. The van der Waals surface area contributed by atoms with Crippen LogP contribution in [0.3, 0.4) is 0 Å². The maximum absolute atomic E-state index is 12.9. The second-order valence-electron chi connectivity index (χ2n) is 8.94. The van der Waals surface area contributed by atoms with Crippen LogP contribution in [0.15, 0.2) is 42.6 Å². The Morgan fingerprint density at radius 1 is 0.970 bits per heavy atom. The van der Waals surface area contributed by atoms with Gasteiger partial charge in [0.2, 0.25) is 11.8 Å². The molecule has 33 heavy (non-hydrogen) atoms. The summed E-state index contributed by atoms with van der Waals surface area (Å²) in [4.78, 5) is 38.2. The van der Waals surface area contributed by atoms with E-state index < -0.39 is 11.9 Å². The molecule has 3 heterocycles. The Morgan fingerprint density at radius 2 is 1.85 bits per heavy atom. The van der Waals surface area contributed by atoms with E-state index in [1.54, 1.807) is 11.0 Å². The maximum atomic E-state index is 12.9. The molecule has 0 spiro atoms. The highest BCUT2D eigenvalue weighted by atomic mass is 16.2. The van der Waals surface area contributed by atoms with Gasteiger partial charge in [0.25, 0.3) is 5.91 Å². The molecular weight excluding hydrogens is 418 g/mol. The first kappa shape index (κ1) is 19.8. The molecule has 3 amide bonds. The molecule has 166 valence electrons. The number of fused-ring (bicyclic) bond motifs is 2. The summed E-state index contributed by atoms with van der Waals surface area (Å²) in [5.41, 5.74) is 6.87. The first-order chi connectivity index (χ1) is 16.1. The van der Waals surface area contributed by atoms with Crippen molar-refractivity contribution in [1.29, 1.82) is 0 Å². The molecular formula is C25H23N5O3. The smallest absolute Gasteiger partial charge is 0.255 e. The van der Waals surface area contributed by atoms with E-state index in [-0.39, 0.29) is 18.2 Å². The van der Waals surface area contributed by atoms with Crippen molar-refractivity contribution < 1.29 is 14.4 Å². The van der Waals surface area contributed by atoms with Crippen LogP contribution in [0, 0.1) is 0 Å². The van der Waals surface area contributed by atoms with Gasteiger partial charge in [0.1, 0.15) is 11.7 Å². The molecule has 0 saturated carbocycles. The van der Waals surface area contributed by atoms with E-state index in [2.05, 4.69) is 33.8 Å². The van der Waals surface area contributed by atoms with Crippen LogP contribution in [-0.2, 0) is 29.0 Å². The second kappa shape index (κ2) is 7.65. The van der Waals surface area contributed by atoms with E-state index >= 15 is 0 Å². The number of amides is 3. The number of hydrogen-bond donors (Lipinski definition) is 1. The summed E-state index contributed by atoms with van der Waals surface area (Å²) in [6.07, 6.45) is 7.10. The van der Waals surface area contributed by atoms with Crippen molar-refractivity contribution in [2.45, 2.75) is 51.1 Å². The molecule has 1 unspecified atom stereocenters. The molecule has 0 radical (unpaired) electrons. The predicted octanol–water partition coefficient (Wildman–Crippen LogP) is 2.57. The number of imide groups is 1. The Balaban J connectivity index is 1.28. The van der Waals surface area contributed by atoms with Gasteiger partial charge in [-0.05, 0) is 67.0 Å². The van der Waals surface area contributed by atoms with Gasteiger partial charge in [-0.25, -0.2) is 4.68 Å². The lowest BCUT2D eigenvalue weighted by molar-refractivity contribution is -0.136. The van der Waals surface area contributed by atoms with Gasteiger partial charge in [-0.1, -0.05) is 23.4 Å². The molecule has 1 atom stereocenters. The fraction of sp³-hybridized carbons (Fsp3) is 0.320. The van der Waals surface area contributed by atoms with Crippen molar-refractivity contribution in [3.63, 3.8) is 0 Å². The topological polar surface area (TPSA) is 97.2 Å². The highest BCUT2D eigenvalue weighted by Crippen LogP contribution is 2.31. The summed E-state index contributed by atoms with van der Waals surface area (Å²) in [5.74, 6) is -0.863. The molecule has 3 aromatic rings. The van der Waals surface area contributed by atoms with Crippen LogP contribution < -0.4 is 5.32 Å². The molecule has 1 aliphatic carbocycles. The van der Waals surface area contributed by atoms with E-state index in [9.17, 15) is 14.4 Å². The molecule has 0 bridgehead atoms. The molecule has 2 aliphatic heterocycles. The quantitative estimate of drug-likeness (QED) is 0.630. The van der Waals surface area contributed by atoms with Crippen LogP contribution in [0.2, 0.25) is 0 Å². The molecule has 2 aromatic carbocycles. The lowest BCUT2D eigenvalue weighted by Gasteiger charge is -2.29. The first-order valence-corrected chi connectivity index (χ1v) is 11.4. The number of nitrogens with one attached hydrogen (secondary N) is 1. The molecule has 1 aromatic heterocycles.